The summed E-state index contributed by atoms with van der Waals surface area (Å²) in [4.78, 5) is 12.5. The van der Waals surface area contributed by atoms with Gasteiger partial charge in [-0.1, -0.05) is 24.6 Å². The van der Waals surface area contributed by atoms with Crippen molar-refractivity contribution in [1.29, 1.82) is 0 Å². The van der Waals surface area contributed by atoms with Crippen LogP contribution in [0.1, 0.15) is 25.8 Å². The molecule has 0 radical (unpaired) electrons. The molecule has 1 unspecified atom stereocenters. The van der Waals surface area contributed by atoms with Gasteiger partial charge in [0.25, 0.3) is 0 Å². The van der Waals surface area contributed by atoms with Crippen LogP contribution in [-0.2, 0) is 9.53 Å². The molecule has 2 nitrogen and oxygen atoms in total. The fraction of sp³-hybridized carbons (Fsp3) is 0.462. The van der Waals surface area contributed by atoms with Crippen LogP contribution in [0.2, 0.25) is 0 Å². The zero-order chi connectivity index (χ0) is 12.0. The minimum Gasteiger partial charge on any atom is -0.466 e. The molecule has 1 aromatic carbocycles. The Balaban J connectivity index is 2.45. The van der Waals surface area contributed by atoms with Gasteiger partial charge in [-0.2, -0.15) is 0 Å². The van der Waals surface area contributed by atoms with Crippen molar-refractivity contribution in [1.82, 2.24) is 0 Å². The first-order valence-corrected chi connectivity index (χ1v) is 6.38. The number of hydrogen-bond acceptors (Lipinski definition) is 3. The molecule has 0 bridgehead atoms. The molecule has 0 heterocycles. The molecule has 16 heavy (non-hydrogen) atoms. The van der Waals surface area contributed by atoms with Crippen molar-refractivity contribution in [2.24, 2.45) is 0 Å². The van der Waals surface area contributed by atoms with Crippen LogP contribution in [0.15, 0.2) is 29.2 Å². The highest BCUT2D eigenvalue weighted by Crippen LogP contribution is 2.25. The molecule has 1 aromatic rings. The number of carbonyl (C=O) groups is 1. The third kappa shape index (κ3) is 4.71. The number of aryl methyl sites for hydroxylation is 1. The minimum absolute atomic E-state index is 0.116. The van der Waals surface area contributed by atoms with Crippen LogP contribution in [0.3, 0.4) is 0 Å². The second-order valence-corrected chi connectivity index (χ2v) is 5.27. The summed E-state index contributed by atoms with van der Waals surface area (Å²) in [7, 11) is 0. The first-order valence-electron chi connectivity index (χ1n) is 5.50. The Kier molecular flexibility index (Phi) is 5.39. The lowest BCUT2D eigenvalue weighted by Gasteiger charge is -2.10. The van der Waals surface area contributed by atoms with E-state index in [-0.39, 0.29) is 11.2 Å². The first-order chi connectivity index (χ1) is 7.61. The van der Waals surface area contributed by atoms with Crippen molar-refractivity contribution in [2.75, 3.05) is 6.61 Å². The molecule has 0 aliphatic heterocycles. The van der Waals surface area contributed by atoms with E-state index in [0.29, 0.717) is 13.0 Å². The molecule has 0 saturated carbocycles. The molecule has 0 fully saturated rings. The van der Waals surface area contributed by atoms with Crippen molar-refractivity contribution in [3.05, 3.63) is 29.8 Å². The summed E-state index contributed by atoms with van der Waals surface area (Å²) >= 11 is 1.71. The van der Waals surface area contributed by atoms with Gasteiger partial charge in [-0.25, -0.2) is 0 Å². The molecule has 0 aliphatic rings. The van der Waals surface area contributed by atoms with E-state index in [1.54, 1.807) is 11.8 Å². The molecular formula is C13H18O2S. The third-order valence-corrected chi connectivity index (χ3v) is 3.18. The van der Waals surface area contributed by atoms with Gasteiger partial charge in [0.15, 0.2) is 0 Å². The predicted molar refractivity (Wildman–Crippen MR) is 67.7 cm³/mol. The van der Waals surface area contributed by atoms with Crippen molar-refractivity contribution < 1.29 is 9.53 Å². The average Bonchev–Trinajstić information content (AvgIpc) is 2.17. The second kappa shape index (κ2) is 6.59. The lowest BCUT2D eigenvalue weighted by molar-refractivity contribution is -0.142. The molecule has 0 amide bonds. The lowest BCUT2D eigenvalue weighted by Crippen LogP contribution is -2.10. The van der Waals surface area contributed by atoms with Gasteiger partial charge in [-0.3, -0.25) is 4.79 Å². The highest BCUT2D eigenvalue weighted by molar-refractivity contribution is 8.00. The summed E-state index contributed by atoms with van der Waals surface area (Å²) in [5, 5.41) is 0.251. The standard InChI is InChI=1S/C13H18O2S/c1-4-15-13(14)9-11(3)16-12-7-5-6-10(2)8-12/h5-8,11H,4,9H2,1-3H3. The Morgan fingerprint density at radius 1 is 1.50 bits per heavy atom. The van der Waals surface area contributed by atoms with Crippen LogP contribution >= 0.6 is 11.8 Å². The highest BCUT2D eigenvalue weighted by atomic mass is 32.2. The van der Waals surface area contributed by atoms with Gasteiger partial charge >= 0.3 is 5.97 Å². The number of ether oxygens (including phenoxy) is 1. The molecule has 88 valence electrons. The summed E-state index contributed by atoms with van der Waals surface area (Å²) in [6.45, 7) is 6.40. The van der Waals surface area contributed by atoms with Crippen LogP contribution < -0.4 is 0 Å². The Morgan fingerprint density at radius 3 is 2.88 bits per heavy atom. The van der Waals surface area contributed by atoms with Crippen molar-refractivity contribution >= 4 is 17.7 Å². The molecule has 0 saturated heterocycles. The van der Waals surface area contributed by atoms with Gasteiger partial charge in [0.05, 0.1) is 13.0 Å². The topological polar surface area (TPSA) is 26.3 Å². The smallest absolute Gasteiger partial charge is 0.306 e. The maximum absolute atomic E-state index is 11.3. The summed E-state index contributed by atoms with van der Waals surface area (Å²) in [5.74, 6) is -0.116. The Morgan fingerprint density at radius 2 is 2.25 bits per heavy atom. The molecule has 0 aromatic heterocycles. The number of benzene rings is 1. The fourth-order valence-corrected chi connectivity index (χ4v) is 2.51. The number of carbonyl (C=O) groups excluding carboxylic acids is 1. The van der Waals surface area contributed by atoms with Crippen LogP contribution in [-0.4, -0.2) is 17.8 Å². The number of hydrogen-bond donors (Lipinski definition) is 0. The molecular weight excluding hydrogens is 220 g/mol. The van der Waals surface area contributed by atoms with Crippen molar-refractivity contribution in [3.63, 3.8) is 0 Å². The first kappa shape index (κ1) is 13.1. The largest absolute Gasteiger partial charge is 0.466 e. The van der Waals surface area contributed by atoms with Crippen molar-refractivity contribution in [2.45, 2.75) is 37.3 Å². The summed E-state index contributed by atoms with van der Waals surface area (Å²) in [6, 6.07) is 8.31. The van der Waals surface area contributed by atoms with E-state index in [1.807, 2.05) is 19.9 Å². The molecule has 1 atom stereocenters. The summed E-state index contributed by atoms with van der Waals surface area (Å²) in [6.07, 6.45) is 0.465. The molecule has 1 rings (SSSR count). The van der Waals surface area contributed by atoms with E-state index in [1.165, 1.54) is 10.5 Å². The lowest BCUT2D eigenvalue weighted by atomic mass is 10.2. The van der Waals surface area contributed by atoms with E-state index in [9.17, 15) is 4.79 Å². The van der Waals surface area contributed by atoms with Gasteiger partial charge in [-0.15, -0.1) is 11.8 Å². The van der Waals surface area contributed by atoms with Gasteiger partial charge < -0.3 is 4.74 Å². The normalized spacial score (nSPS) is 12.2. The van der Waals surface area contributed by atoms with E-state index >= 15 is 0 Å². The third-order valence-electron chi connectivity index (χ3n) is 2.09. The average molecular weight is 238 g/mol. The van der Waals surface area contributed by atoms with E-state index in [0.717, 1.165) is 0 Å². The number of esters is 1. The van der Waals surface area contributed by atoms with Crippen molar-refractivity contribution in [3.8, 4) is 0 Å². The summed E-state index contributed by atoms with van der Waals surface area (Å²) < 4.78 is 4.92. The van der Waals surface area contributed by atoms with Crippen LogP contribution in [0, 0.1) is 6.92 Å². The Hall–Kier alpha value is -0.960. The van der Waals surface area contributed by atoms with Gasteiger partial charge in [0, 0.05) is 10.1 Å². The van der Waals surface area contributed by atoms with Crippen LogP contribution in [0.5, 0.6) is 0 Å². The molecule has 0 aliphatic carbocycles. The van der Waals surface area contributed by atoms with Crippen LogP contribution in [0.4, 0.5) is 0 Å². The number of rotatable bonds is 5. The fourth-order valence-electron chi connectivity index (χ4n) is 1.42. The summed E-state index contributed by atoms with van der Waals surface area (Å²) in [5.41, 5.74) is 1.24. The zero-order valence-corrected chi connectivity index (χ0v) is 10.8. The maximum Gasteiger partial charge on any atom is 0.306 e. The molecule has 0 spiro atoms. The van der Waals surface area contributed by atoms with Gasteiger partial charge in [0.2, 0.25) is 0 Å². The Labute approximate surface area is 101 Å². The van der Waals surface area contributed by atoms with Gasteiger partial charge in [0.1, 0.15) is 0 Å². The second-order valence-electron chi connectivity index (χ2n) is 3.75. The van der Waals surface area contributed by atoms with E-state index in [4.69, 9.17) is 4.74 Å². The van der Waals surface area contributed by atoms with Crippen LogP contribution in [0.25, 0.3) is 0 Å². The van der Waals surface area contributed by atoms with E-state index in [2.05, 4.69) is 25.1 Å². The zero-order valence-electron chi connectivity index (χ0n) is 10.0. The minimum atomic E-state index is -0.116. The van der Waals surface area contributed by atoms with E-state index < -0.39 is 0 Å². The Bertz CT molecular complexity index is 350. The quantitative estimate of drug-likeness (QED) is 0.580. The molecule has 3 heteroatoms. The highest BCUT2D eigenvalue weighted by Gasteiger charge is 2.11. The number of thioether (sulfide) groups is 1. The van der Waals surface area contributed by atoms with Gasteiger partial charge in [-0.05, 0) is 26.0 Å². The molecule has 0 N–H and O–H groups in total. The predicted octanol–water partition coefficient (Wildman–Crippen LogP) is 3.43. The maximum atomic E-state index is 11.3. The monoisotopic (exact) mass is 238 g/mol. The SMILES string of the molecule is CCOC(=O)CC(C)Sc1cccc(C)c1.